The van der Waals surface area contributed by atoms with Gasteiger partial charge in [-0.05, 0) is 36.6 Å². The molecule has 7 heteroatoms. The highest BCUT2D eigenvalue weighted by Gasteiger charge is 2.46. The lowest BCUT2D eigenvalue weighted by molar-refractivity contribution is -0.129. The van der Waals surface area contributed by atoms with Gasteiger partial charge in [-0.3, -0.25) is 14.5 Å². The largest absolute Gasteiger partial charge is 0.341 e. The van der Waals surface area contributed by atoms with E-state index >= 15 is 0 Å². The minimum Gasteiger partial charge on any atom is -0.341 e. The van der Waals surface area contributed by atoms with Crippen molar-refractivity contribution in [2.45, 2.75) is 31.2 Å². The minimum atomic E-state index is -0.00161. The Balaban J connectivity index is 1.25. The fourth-order valence-corrected chi connectivity index (χ4v) is 5.02. The van der Waals surface area contributed by atoms with Crippen molar-refractivity contribution in [1.82, 2.24) is 29.6 Å². The molecule has 154 valence electrons. The topological polar surface area (TPSA) is 76.8 Å². The van der Waals surface area contributed by atoms with Crippen molar-refractivity contribution < 1.29 is 4.79 Å². The Morgan fingerprint density at radius 3 is 2.77 bits per heavy atom. The van der Waals surface area contributed by atoms with Crippen LogP contribution in [0.15, 0.2) is 61.3 Å². The number of carbonyl (C=O) groups excluding carboxylic acids is 1. The Morgan fingerprint density at radius 2 is 1.87 bits per heavy atom. The average molecular weight is 410 g/mol. The number of carbonyl (C=O) groups is 1. The van der Waals surface area contributed by atoms with Crippen molar-refractivity contribution in [3.63, 3.8) is 0 Å². The molecule has 1 saturated heterocycles. The maximum atomic E-state index is 12.9. The van der Waals surface area contributed by atoms with Gasteiger partial charge in [-0.25, -0.2) is 9.97 Å². The molecule has 31 heavy (non-hydrogen) atoms. The van der Waals surface area contributed by atoms with Crippen LogP contribution in [0.4, 0.5) is 0 Å². The van der Waals surface area contributed by atoms with Crippen LogP contribution < -0.4 is 0 Å². The second-order valence-electron chi connectivity index (χ2n) is 8.57. The Hall–Kier alpha value is -3.61. The van der Waals surface area contributed by atoms with Crippen LogP contribution >= 0.6 is 0 Å². The number of aryl methyl sites for hydroxylation is 1. The number of benzene rings is 1. The van der Waals surface area contributed by atoms with E-state index in [4.69, 9.17) is 5.10 Å². The molecular weight excluding hydrogens is 388 g/mol. The summed E-state index contributed by atoms with van der Waals surface area (Å²) in [4.78, 5) is 27.5. The molecule has 2 aliphatic rings. The summed E-state index contributed by atoms with van der Waals surface area (Å²) in [5, 5.41) is 6.00. The molecular formula is C24H22N6O. The van der Waals surface area contributed by atoms with Crippen LogP contribution in [-0.4, -0.2) is 48.6 Å². The Bertz CT molecular complexity index is 1280. The summed E-state index contributed by atoms with van der Waals surface area (Å²) in [7, 11) is 0. The maximum Gasteiger partial charge on any atom is 0.227 e. The number of amides is 1. The lowest BCUT2D eigenvalue weighted by Gasteiger charge is -2.23. The predicted octanol–water partition coefficient (Wildman–Crippen LogP) is 3.00. The van der Waals surface area contributed by atoms with Gasteiger partial charge in [0.1, 0.15) is 6.33 Å². The average Bonchev–Trinajstić information content (AvgIpc) is 3.51. The molecule has 6 rings (SSSR count). The second kappa shape index (κ2) is 6.97. The van der Waals surface area contributed by atoms with E-state index in [9.17, 15) is 4.79 Å². The summed E-state index contributed by atoms with van der Waals surface area (Å²) >= 11 is 0. The molecule has 4 aromatic rings. The maximum absolute atomic E-state index is 12.9. The van der Waals surface area contributed by atoms with Crippen molar-refractivity contribution in [2.75, 3.05) is 13.1 Å². The van der Waals surface area contributed by atoms with Crippen molar-refractivity contribution in [3.8, 4) is 11.3 Å². The molecule has 3 aromatic heterocycles. The number of hydrogen-bond acceptors (Lipinski definition) is 5. The zero-order valence-corrected chi connectivity index (χ0v) is 17.1. The van der Waals surface area contributed by atoms with Crippen molar-refractivity contribution in [2.24, 2.45) is 0 Å². The molecule has 0 radical (unpaired) electrons. The summed E-state index contributed by atoms with van der Waals surface area (Å²) in [6, 6.07) is 12.5. The highest BCUT2D eigenvalue weighted by atomic mass is 16.2. The van der Waals surface area contributed by atoms with E-state index in [1.807, 2.05) is 29.3 Å². The minimum absolute atomic E-state index is 0.00161. The third-order valence-electron chi connectivity index (χ3n) is 6.69. The Morgan fingerprint density at radius 1 is 1.03 bits per heavy atom. The molecule has 0 N–H and O–H groups in total. The fraction of sp³-hybridized carbons (Fsp3) is 0.292. The van der Waals surface area contributed by atoms with Crippen LogP contribution in [0.3, 0.4) is 0 Å². The van der Waals surface area contributed by atoms with Gasteiger partial charge < -0.3 is 4.90 Å². The van der Waals surface area contributed by atoms with E-state index in [0.29, 0.717) is 6.42 Å². The van der Waals surface area contributed by atoms with E-state index in [1.165, 1.54) is 12.0 Å². The number of hydrogen-bond donors (Lipinski definition) is 0. The predicted molar refractivity (Wildman–Crippen MR) is 116 cm³/mol. The van der Waals surface area contributed by atoms with Crippen LogP contribution in [0.1, 0.15) is 24.1 Å². The monoisotopic (exact) mass is 410 g/mol. The molecule has 0 saturated carbocycles. The van der Waals surface area contributed by atoms with Gasteiger partial charge in [-0.1, -0.05) is 18.2 Å². The lowest BCUT2D eigenvalue weighted by Crippen LogP contribution is -2.34. The fourth-order valence-electron chi connectivity index (χ4n) is 5.02. The van der Waals surface area contributed by atoms with Gasteiger partial charge in [0.2, 0.25) is 5.91 Å². The van der Waals surface area contributed by atoms with Gasteiger partial charge in [0.15, 0.2) is 0 Å². The summed E-state index contributed by atoms with van der Waals surface area (Å²) in [5.74, 6) is 0.142. The molecule has 1 spiro atoms. The van der Waals surface area contributed by atoms with Gasteiger partial charge >= 0.3 is 0 Å². The molecule has 2 aliphatic heterocycles. The lowest BCUT2D eigenvalue weighted by atomic mass is 9.82. The second-order valence-corrected chi connectivity index (χ2v) is 8.57. The molecule has 5 heterocycles. The highest BCUT2D eigenvalue weighted by Crippen LogP contribution is 2.44. The van der Waals surface area contributed by atoms with Crippen LogP contribution in [0, 0.1) is 0 Å². The quantitative estimate of drug-likeness (QED) is 0.519. The Kier molecular flexibility index (Phi) is 4.09. The molecule has 1 fully saturated rings. The smallest absolute Gasteiger partial charge is 0.227 e. The zero-order chi connectivity index (χ0) is 20.8. The van der Waals surface area contributed by atoms with Crippen molar-refractivity contribution in [3.05, 3.63) is 72.6 Å². The SMILES string of the molecule is O=C(Cc1cncnc1)N1CCC2(CCn3nc(-c4cnc5ccccc5c4)cc32)C1. The van der Waals surface area contributed by atoms with E-state index in [-0.39, 0.29) is 11.3 Å². The number of nitrogens with zero attached hydrogens (tertiary/aromatic N) is 6. The molecule has 1 unspecified atom stereocenters. The van der Waals surface area contributed by atoms with Crippen LogP contribution in [-0.2, 0) is 23.2 Å². The normalized spacial score (nSPS) is 19.9. The first-order valence-corrected chi connectivity index (χ1v) is 10.7. The van der Waals surface area contributed by atoms with Gasteiger partial charge in [0.05, 0.1) is 17.6 Å². The van der Waals surface area contributed by atoms with Gasteiger partial charge in [0.25, 0.3) is 0 Å². The number of para-hydroxylation sites is 1. The first-order chi connectivity index (χ1) is 15.2. The Labute approximate surface area is 179 Å². The summed E-state index contributed by atoms with van der Waals surface area (Å²) in [6.45, 7) is 2.43. The van der Waals surface area contributed by atoms with E-state index < -0.39 is 0 Å². The first kappa shape index (κ1) is 18.2. The summed E-state index contributed by atoms with van der Waals surface area (Å²) < 4.78 is 2.13. The highest BCUT2D eigenvalue weighted by molar-refractivity contribution is 5.83. The van der Waals surface area contributed by atoms with Crippen LogP contribution in [0.2, 0.25) is 0 Å². The van der Waals surface area contributed by atoms with Crippen molar-refractivity contribution in [1.29, 1.82) is 0 Å². The number of aromatic nitrogens is 5. The number of rotatable bonds is 3. The third kappa shape index (κ3) is 3.08. The molecule has 1 aromatic carbocycles. The standard InChI is InChI=1S/C24H22N6O/c31-23(9-17-12-25-16-26-13-17)29-7-5-24(15-29)6-8-30-22(24)11-21(28-30)19-10-18-3-1-2-4-20(18)27-14-19/h1-4,10-14,16H,5-9,15H2. The van der Waals surface area contributed by atoms with Gasteiger partial charge in [-0.15, -0.1) is 0 Å². The number of fused-ring (bicyclic) bond motifs is 3. The van der Waals surface area contributed by atoms with E-state index in [2.05, 4.69) is 37.8 Å². The molecule has 1 atom stereocenters. The van der Waals surface area contributed by atoms with Crippen LogP contribution in [0.25, 0.3) is 22.2 Å². The van der Waals surface area contributed by atoms with E-state index in [1.54, 1.807) is 12.4 Å². The number of likely N-dealkylation sites (tertiary alicyclic amines) is 1. The zero-order valence-electron chi connectivity index (χ0n) is 17.1. The first-order valence-electron chi connectivity index (χ1n) is 10.7. The third-order valence-corrected chi connectivity index (χ3v) is 6.69. The molecule has 1 amide bonds. The molecule has 7 nitrogen and oxygen atoms in total. The van der Waals surface area contributed by atoms with Crippen LogP contribution in [0.5, 0.6) is 0 Å². The van der Waals surface area contributed by atoms with E-state index in [0.717, 1.165) is 60.2 Å². The van der Waals surface area contributed by atoms with Gasteiger partial charge in [0, 0.05) is 60.3 Å². The van der Waals surface area contributed by atoms with Gasteiger partial charge in [-0.2, -0.15) is 5.10 Å². The summed E-state index contributed by atoms with van der Waals surface area (Å²) in [6.07, 6.45) is 9.18. The molecule has 0 bridgehead atoms. The number of pyridine rings is 1. The summed E-state index contributed by atoms with van der Waals surface area (Å²) in [5.41, 5.74) is 5.08. The molecule has 0 aliphatic carbocycles. The van der Waals surface area contributed by atoms with Crippen molar-refractivity contribution >= 4 is 16.8 Å².